The van der Waals surface area contributed by atoms with Gasteiger partial charge in [-0.15, -0.1) is 0 Å². The third-order valence-corrected chi connectivity index (χ3v) is 3.89. The number of hydrazone groups is 1. The van der Waals surface area contributed by atoms with E-state index in [4.69, 9.17) is 18.0 Å². The van der Waals surface area contributed by atoms with E-state index in [2.05, 4.69) is 48.4 Å². The van der Waals surface area contributed by atoms with E-state index < -0.39 is 0 Å². The van der Waals surface area contributed by atoms with Crippen molar-refractivity contribution in [2.24, 2.45) is 10.8 Å². The van der Waals surface area contributed by atoms with Gasteiger partial charge in [0.2, 0.25) is 0 Å². The van der Waals surface area contributed by atoms with Crippen LogP contribution >= 0.6 is 12.2 Å². The van der Waals surface area contributed by atoms with Gasteiger partial charge < -0.3 is 5.73 Å². The van der Waals surface area contributed by atoms with Crippen molar-refractivity contribution in [1.82, 2.24) is 5.01 Å². The van der Waals surface area contributed by atoms with Gasteiger partial charge in [0.1, 0.15) is 0 Å². The SMILES string of the molecule is Cc1ccc([C@@H]2CC(c3ccccc3)=NN2C(N)=S)cc1. The fraction of sp³-hybridized carbons (Fsp3) is 0.176. The minimum absolute atomic E-state index is 0.0818. The Hall–Kier alpha value is -2.20. The van der Waals surface area contributed by atoms with Crippen LogP contribution in [-0.4, -0.2) is 15.8 Å². The van der Waals surface area contributed by atoms with Gasteiger partial charge in [-0.2, -0.15) is 5.10 Å². The van der Waals surface area contributed by atoms with Crippen LogP contribution in [0.3, 0.4) is 0 Å². The lowest BCUT2D eigenvalue weighted by Crippen LogP contribution is -2.31. The van der Waals surface area contributed by atoms with Crippen LogP contribution in [0.2, 0.25) is 0 Å². The summed E-state index contributed by atoms with van der Waals surface area (Å²) in [7, 11) is 0. The zero-order valence-corrected chi connectivity index (χ0v) is 12.7. The van der Waals surface area contributed by atoms with E-state index >= 15 is 0 Å². The van der Waals surface area contributed by atoms with Crippen LogP contribution in [0.15, 0.2) is 59.7 Å². The highest BCUT2D eigenvalue weighted by Crippen LogP contribution is 2.32. The summed E-state index contributed by atoms with van der Waals surface area (Å²) in [6.45, 7) is 2.08. The Kier molecular flexibility index (Phi) is 3.71. The molecule has 0 saturated carbocycles. The van der Waals surface area contributed by atoms with Crippen molar-refractivity contribution in [2.45, 2.75) is 19.4 Å². The van der Waals surface area contributed by atoms with Crippen LogP contribution in [0.1, 0.15) is 29.2 Å². The summed E-state index contributed by atoms with van der Waals surface area (Å²) in [6.07, 6.45) is 0.810. The molecular formula is C17H17N3S. The molecule has 1 aliphatic rings. The zero-order valence-electron chi connectivity index (χ0n) is 11.9. The molecule has 0 bridgehead atoms. The highest BCUT2D eigenvalue weighted by molar-refractivity contribution is 7.80. The first-order valence-electron chi connectivity index (χ1n) is 6.93. The molecule has 2 aromatic rings. The van der Waals surface area contributed by atoms with Gasteiger partial charge in [-0.3, -0.25) is 0 Å². The molecule has 106 valence electrons. The van der Waals surface area contributed by atoms with Gasteiger partial charge in [0.25, 0.3) is 0 Å². The molecule has 0 spiro atoms. The van der Waals surface area contributed by atoms with Crippen LogP contribution in [0, 0.1) is 6.92 Å². The monoisotopic (exact) mass is 295 g/mol. The predicted octanol–water partition coefficient (Wildman–Crippen LogP) is 3.39. The maximum absolute atomic E-state index is 5.85. The van der Waals surface area contributed by atoms with Crippen molar-refractivity contribution in [3.63, 3.8) is 0 Å². The maximum Gasteiger partial charge on any atom is 0.187 e. The van der Waals surface area contributed by atoms with Crippen LogP contribution in [0.5, 0.6) is 0 Å². The Morgan fingerprint density at radius 1 is 1.14 bits per heavy atom. The molecule has 4 heteroatoms. The van der Waals surface area contributed by atoms with Crippen molar-refractivity contribution in [3.8, 4) is 0 Å². The summed E-state index contributed by atoms with van der Waals surface area (Å²) in [5.41, 5.74) is 10.4. The lowest BCUT2D eigenvalue weighted by Gasteiger charge is -2.22. The van der Waals surface area contributed by atoms with Crippen LogP contribution in [0.4, 0.5) is 0 Å². The lowest BCUT2D eigenvalue weighted by atomic mass is 9.98. The fourth-order valence-electron chi connectivity index (χ4n) is 2.57. The van der Waals surface area contributed by atoms with Gasteiger partial charge in [-0.25, -0.2) is 5.01 Å². The number of nitrogens with zero attached hydrogens (tertiary/aromatic N) is 2. The van der Waals surface area contributed by atoms with E-state index in [0.717, 1.165) is 17.7 Å². The standard InChI is InChI=1S/C17H17N3S/c1-12-7-9-14(10-8-12)16-11-15(19-20(16)17(18)21)13-5-3-2-4-6-13/h2-10,16H,11H2,1H3,(H2,18,21)/t16-/m0/s1. The molecule has 2 aromatic carbocycles. The molecule has 1 heterocycles. The summed E-state index contributed by atoms with van der Waals surface area (Å²) >= 11 is 5.16. The number of benzene rings is 2. The number of rotatable bonds is 2. The van der Waals surface area contributed by atoms with Gasteiger partial charge in [0.05, 0.1) is 11.8 Å². The van der Waals surface area contributed by atoms with Crippen molar-refractivity contribution < 1.29 is 0 Å². The molecule has 3 nitrogen and oxygen atoms in total. The Morgan fingerprint density at radius 2 is 1.81 bits per heavy atom. The highest BCUT2D eigenvalue weighted by atomic mass is 32.1. The first-order valence-corrected chi connectivity index (χ1v) is 7.34. The summed E-state index contributed by atoms with van der Waals surface area (Å²) in [6, 6.07) is 18.7. The average molecular weight is 295 g/mol. The summed E-state index contributed by atoms with van der Waals surface area (Å²) in [5.74, 6) is 0. The van der Waals surface area contributed by atoms with Crippen molar-refractivity contribution in [3.05, 3.63) is 71.3 Å². The molecule has 0 aliphatic carbocycles. The van der Waals surface area contributed by atoms with E-state index in [0.29, 0.717) is 5.11 Å². The molecule has 0 unspecified atom stereocenters. The first kappa shape index (κ1) is 13.8. The molecule has 2 N–H and O–H groups in total. The third-order valence-electron chi connectivity index (χ3n) is 3.71. The Morgan fingerprint density at radius 3 is 2.43 bits per heavy atom. The van der Waals surface area contributed by atoms with E-state index in [-0.39, 0.29) is 6.04 Å². The van der Waals surface area contributed by atoms with Gasteiger partial charge in [0.15, 0.2) is 5.11 Å². The second-order valence-electron chi connectivity index (χ2n) is 5.23. The van der Waals surface area contributed by atoms with E-state index in [1.807, 2.05) is 18.2 Å². The van der Waals surface area contributed by atoms with Gasteiger partial charge >= 0.3 is 0 Å². The minimum atomic E-state index is 0.0818. The molecule has 0 fully saturated rings. The molecule has 1 aliphatic heterocycles. The molecule has 0 radical (unpaired) electrons. The maximum atomic E-state index is 5.85. The van der Waals surface area contributed by atoms with Crippen LogP contribution < -0.4 is 5.73 Å². The van der Waals surface area contributed by atoms with E-state index in [1.54, 1.807) is 5.01 Å². The van der Waals surface area contributed by atoms with E-state index in [1.165, 1.54) is 11.1 Å². The average Bonchev–Trinajstić information content (AvgIpc) is 2.94. The highest BCUT2D eigenvalue weighted by Gasteiger charge is 2.30. The largest absolute Gasteiger partial charge is 0.375 e. The number of nitrogens with two attached hydrogens (primary N) is 1. The molecule has 0 aromatic heterocycles. The Balaban J connectivity index is 1.93. The third kappa shape index (κ3) is 2.81. The van der Waals surface area contributed by atoms with Crippen LogP contribution in [-0.2, 0) is 0 Å². The van der Waals surface area contributed by atoms with Crippen LogP contribution in [0.25, 0.3) is 0 Å². The summed E-state index contributed by atoms with van der Waals surface area (Å²) < 4.78 is 0. The summed E-state index contributed by atoms with van der Waals surface area (Å²) in [4.78, 5) is 0. The Bertz CT molecular complexity index is 677. The zero-order chi connectivity index (χ0) is 14.8. The normalized spacial score (nSPS) is 17.7. The Labute approximate surface area is 130 Å². The predicted molar refractivity (Wildman–Crippen MR) is 90.1 cm³/mol. The van der Waals surface area contributed by atoms with Crippen molar-refractivity contribution >= 4 is 23.0 Å². The number of thiocarbonyl (C=S) groups is 1. The van der Waals surface area contributed by atoms with Crippen molar-refractivity contribution in [2.75, 3.05) is 0 Å². The first-order chi connectivity index (χ1) is 10.1. The van der Waals surface area contributed by atoms with Gasteiger partial charge in [-0.05, 0) is 30.3 Å². The topological polar surface area (TPSA) is 41.6 Å². The van der Waals surface area contributed by atoms with E-state index in [9.17, 15) is 0 Å². The molecule has 0 amide bonds. The van der Waals surface area contributed by atoms with Crippen molar-refractivity contribution in [1.29, 1.82) is 0 Å². The number of hydrogen-bond acceptors (Lipinski definition) is 2. The molecule has 21 heavy (non-hydrogen) atoms. The summed E-state index contributed by atoms with van der Waals surface area (Å²) in [5, 5.41) is 6.69. The minimum Gasteiger partial charge on any atom is -0.375 e. The second-order valence-corrected chi connectivity index (χ2v) is 5.64. The number of aryl methyl sites for hydroxylation is 1. The lowest BCUT2D eigenvalue weighted by molar-refractivity contribution is 0.372. The number of hydrogen-bond donors (Lipinski definition) is 1. The van der Waals surface area contributed by atoms with Gasteiger partial charge in [-0.1, -0.05) is 60.2 Å². The second kappa shape index (κ2) is 5.66. The van der Waals surface area contributed by atoms with Gasteiger partial charge in [0, 0.05) is 6.42 Å². The molecule has 3 rings (SSSR count). The fourth-order valence-corrected chi connectivity index (χ4v) is 2.73. The molecule has 1 atom stereocenters. The molecule has 0 saturated heterocycles. The quantitative estimate of drug-likeness (QED) is 0.864. The molecular weight excluding hydrogens is 278 g/mol. The smallest absolute Gasteiger partial charge is 0.187 e.